The molecule has 2 fully saturated rings. The first-order valence-electron chi connectivity index (χ1n) is 11.1. The molecule has 5 rings (SSSR count). The van der Waals surface area contributed by atoms with Crippen LogP contribution in [-0.2, 0) is 21.4 Å². The largest absolute Gasteiger partial charge is 0.341 e. The van der Waals surface area contributed by atoms with E-state index >= 15 is 0 Å². The zero-order valence-corrected chi connectivity index (χ0v) is 18.5. The predicted octanol–water partition coefficient (Wildman–Crippen LogP) is 2.03. The monoisotopic (exact) mass is 459 g/mol. The van der Waals surface area contributed by atoms with Crippen LogP contribution in [0.25, 0.3) is 0 Å². The molecule has 4 heterocycles. The minimum Gasteiger partial charge on any atom is -0.341 e. The van der Waals surface area contributed by atoms with E-state index in [2.05, 4.69) is 0 Å². The standard InChI is InChI=1S/C23H26FN3O4S/c24-19-4-6-20(7-5-19)32(30,31)26-10-8-17(9-11-26)23(29)25-13-16-12-18(15-25)21-2-1-3-22(28)27(21)14-16/h1-7,16-18H,8-15H2/t16-,18+/m1/s1. The Hall–Kier alpha value is -2.52. The van der Waals surface area contributed by atoms with Gasteiger partial charge < -0.3 is 9.47 Å². The minimum atomic E-state index is -3.69. The number of halogens is 1. The molecule has 2 aromatic rings. The summed E-state index contributed by atoms with van der Waals surface area (Å²) in [6.07, 6.45) is 1.93. The van der Waals surface area contributed by atoms with Crippen LogP contribution in [0.15, 0.2) is 52.2 Å². The number of hydrogen-bond acceptors (Lipinski definition) is 4. The number of amides is 1. The molecule has 0 N–H and O–H groups in total. The van der Waals surface area contributed by atoms with Crippen LogP contribution in [0.3, 0.4) is 0 Å². The van der Waals surface area contributed by atoms with Crippen molar-refractivity contribution in [2.75, 3.05) is 26.2 Å². The smallest absolute Gasteiger partial charge is 0.250 e. The number of fused-ring (bicyclic) bond motifs is 4. The van der Waals surface area contributed by atoms with Crippen LogP contribution >= 0.6 is 0 Å². The summed E-state index contributed by atoms with van der Waals surface area (Å²) in [5.41, 5.74) is 1.03. The highest BCUT2D eigenvalue weighted by Gasteiger charge is 2.39. The highest BCUT2D eigenvalue weighted by molar-refractivity contribution is 7.89. The highest BCUT2D eigenvalue weighted by atomic mass is 32.2. The molecule has 1 aromatic heterocycles. The number of rotatable bonds is 3. The van der Waals surface area contributed by atoms with Gasteiger partial charge in [-0.15, -0.1) is 0 Å². The van der Waals surface area contributed by atoms with Gasteiger partial charge >= 0.3 is 0 Å². The molecule has 3 aliphatic rings. The number of sulfonamides is 1. The normalized spacial score (nSPS) is 24.2. The maximum absolute atomic E-state index is 13.3. The van der Waals surface area contributed by atoms with Gasteiger partial charge in [0.15, 0.2) is 0 Å². The molecule has 0 radical (unpaired) electrons. The van der Waals surface area contributed by atoms with Crippen LogP contribution in [0, 0.1) is 17.7 Å². The molecule has 2 bridgehead atoms. The molecular weight excluding hydrogens is 433 g/mol. The number of aromatic nitrogens is 1. The second-order valence-corrected chi connectivity index (χ2v) is 11.0. The van der Waals surface area contributed by atoms with E-state index in [-0.39, 0.29) is 47.2 Å². The van der Waals surface area contributed by atoms with E-state index in [1.165, 1.54) is 16.4 Å². The van der Waals surface area contributed by atoms with E-state index in [9.17, 15) is 22.4 Å². The van der Waals surface area contributed by atoms with Crippen molar-refractivity contribution in [2.45, 2.75) is 36.6 Å². The van der Waals surface area contributed by atoms with Crippen molar-refractivity contribution in [3.8, 4) is 0 Å². The summed E-state index contributed by atoms with van der Waals surface area (Å²) in [4.78, 5) is 27.5. The Morgan fingerprint density at radius 2 is 1.69 bits per heavy atom. The third-order valence-electron chi connectivity index (χ3n) is 7.05. The number of benzene rings is 1. The van der Waals surface area contributed by atoms with E-state index in [0.717, 1.165) is 24.2 Å². The lowest BCUT2D eigenvalue weighted by Crippen LogP contribution is -2.52. The molecule has 1 aromatic carbocycles. The number of nitrogens with zero attached hydrogens (tertiary/aromatic N) is 3. The average Bonchev–Trinajstić information content (AvgIpc) is 2.79. The van der Waals surface area contributed by atoms with E-state index in [4.69, 9.17) is 0 Å². The SMILES string of the molecule is O=C(C1CCN(S(=O)(=O)c2ccc(F)cc2)CC1)N1C[C@H]2C[C@@H](C1)c1cccc(=O)n1C2. The number of carbonyl (C=O) groups is 1. The van der Waals surface area contributed by atoms with Crippen molar-refractivity contribution in [3.05, 3.63) is 64.3 Å². The van der Waals surface area contributed by atoms with Gasteiger partial charge in [0.1, 0.15) is 5.82 Å². The fourth-order valence-corrected chi connectivity index (χ4v) is 6.90. The first kappa shape index (κ1) is 21.3. The van der Waals surface area contributed by atoms with Gasteiger partial charge in [0.05, 0.1) is 4.90 Å². The van der Waals surface area contributed by atoms with Crippen molar-refractivity contribution in [3.63, 3.8) is 0 Å². The van der Waals surface area contributed by atoms with Crippen LogP contribution in [0.5, 0.6) is 0 Å². The predicted molar refractivity (Wildman–Crippen MR) is 116 cm³/mol. The lowest BCUT2D eigenvalue weighted by atomic mass is 9.82. The van der Waals surface area contributed by atoms with Crippen molar-refractivity contribution >= 4 is 15.9 Å². The van der Waals surface area contributed by atoms with Gasteiger partial charge in [-0.1, -0.05) is 6.07 Å². The van der Waals surface area contributed by atoms with Crippen LogP contribution in [0.4, 0.5) is 4.39 Å². The number of piperidine rings is 2. The van der Waals surface area contributed by atoms with Gasteiger partial charge in [-0.2, -0.15) is 4.31 Å². The lowest BCUT2D eigenvalue weighted by molar-refractivity contribution is -0.139. The number of pyridine rings is 1. The van der Waals surface area contributed by atoms with Crippen LogP contribution < -0.4 is 5.56 Å². The second kappa shape index (κ2) is 8.12. The summed E-state index contributed by atoms with van der Waals surface area (Å²) < 4.78 is 42.1. The first-order chi connectivity index (χ1) is 15.3. The van der Waals surface area contributed by atoms with Gasteiger partial charge in [0.25, 0.3) is 5.56 Å². The second-order valence-electron chi connectivity index (χ2n) is 9.07. The topological polar surface area (TPSA) is 79.7 Å². The van der Waals surface area contributed by atoms with Crippen molar-refractivity contribution in [1.82, 2.24) is 13.8 Å². The van der Waals surface area contributed by atoms with Gasteiger partial charge in [-0.05, 0) is 55.5 Å². The van der Waals surface area contributed by atoms with E-state index < -0.39 is 15.8 Å². The van der Waals surface area contributed by atoms with Gasteiger partial charge in [-0.3, -0.25) is 9.59 Å². The lowest BCUT2D eigenvalue weighted by Gasteiger charge is -2.44. The zero-order chi connectivity index (χ0) is 22.5. The molecule has 2 atom stereocenters. The Morgan fingerprint density at radius 3 is 2.41 bits per heavy atom. The fraction of sp³-hybridized carbons (Fsp3) is 0.478. The maximum atomic E-state index is 13.3. The maximum Gasteiger partial charge on any atom is 0.250 e. The summed E-state index contributed by atoms with van der Waals surface area (Å²) >= 11 is 0. The van der Waals surface area contributed by atoms with Crippen LogP contribution in [-0.4, -0.2) is 54.3 Å². The van der Waals surface area contributed by atoms with Crippen molar-refractivity contribution < 1.29 is 17.6 Å². The molecule has 32 heavy (non-hydrogen) atoms. The third-order valence-corrected chi connectivity index (χ3v) is 8.96. The van der Waals surface area contributed by atoms with E-state index in [1.54, 1.807) is 12.1 Å². The van der Waals surface area contributed by atoms with Gasteiger partial charge in [0.2, 0.25) is 15.9 Å². The molecule has 1 amide bonds. The quantitative estimate of drug-likeness (QED) is 0.704. The average molecular weight is 460 g/mol. The summed E-state index contributed by atoms with van der Waals surface area (Å²) in [6.45, 7) is 2.44. The summed E-state index contributed by atoms with van der Waals surface area (Å²) in [5, 5.41) is 0. The Labute approximate surface area is 186 Å². The first-order valence-corrected chi connectivity index (χ1v) is 12.5. The molecule has 0 unspecified atom stereocenters. The third kappa shape index (κ3) is 3.77. The van der Waals surface area contributed by atoms with E-state index in [0.29, 0.717) is 32.5 Å². The van der Waals surface area contributed by atoms with Crippen LogP contribution in [0.2, 0.25) is 0 Å². The summed E-state index contributed by atoms with van der Waals surface area (Å²) in [7, 11) is -3.69. The number of likely N-dealkylation sites (tertiary alicyclic amines) is 1. The van der Waals surface area contributed by atoms with Crippen LogP contribution in [0.1, 0.15) is 30.9 Å². The highest BCUT2D eigenvalue weighted by Crippen LogP contribution is 2.36. The zero-order valence-electron chi connectivity index (χ0n) is 17.7. The number of hydrogen-bond donors (Lipinski definition) is 0. The van der Waals surface area contributed by atoms with Crippen molar-refractivity contribution in [2.24, 2.45) is 11.8 Å². The Kier molecular flexibility index (Phi) is 5.41. The molecule has 0 aliphatic carbocycles. The number of carbonyl (C=O) groups excluding carboxylic acids is 1. The molecule has 0 spiro atoms. The van der Waals surface area contributed by atoms with Gasteiger partial charge in [-0.25, -0.2) is 12.8 Å². The summed E-state index contributed by atoms with van der Waals surface area (Å²) in [6, 6.07) is 10.2. The minimum absolute atomic E-state index is 0.0201. The molecule has 3 aliphatic heterocycles. The molecule has 170 valence electrons. The Balaban J connectivity index is 1.25. The molecular formula is C23H26FN3O4S. The Bertz CT molecular complexity index is 1190. The van der Waals surface area contributed by atoms with Gasteiger partial charge in [0, 0.05) is 56.3 Å². The molecule has 2 saturated heterocycles. The van der Waals surface area contributed by atoms with E-state index in [1.807, 2.05) is 15.5 Å². The fourth-order valence-electron chi connectivity index (χ4n) is 5.43. The molecule has 7 nitrogen and oxygen atoms in total. The van der Waals surface area contributed by atoms with Crippen molar-refractivity contribution in [1.29, 1.82) is 0 Å². The Morgan fingerprint density at radius 1 is 0.969 bits per heavy atom. The summed E-state index contributed by atoms with van der Waals surface area (Å²) in [5.74, 6) is -0.160. The molecule has 9 heteroatoms. The molecule has 0 saturated carbocycles.